The summed E-state index contributed by atoms with van der Waals surface area (Å²) in [6.07, 6.45) is 0.295. The summed E-state index contributed by atoms with van der Waals surface area (Å²) in [6, 6.07) is -0.301. The maximum absolute atomic E-state index is 11.3. The molecule has 2 N–H and O–H groups in total. The predicted octanol–water partition coefficient (Wildman–Crippen LogP) is -0.160. The molecule has 2 heterocycles. The Morgan fingerprint density at radius 3 is 2.87 bits per heavy atom. The molecule has 0 aliphatic carbocycles. The van der Waals surface area contributed by atoms with Crippen molar-refractivity contribution in [1.82, 2.24) is 10.6 Å². The Hall–Kier alpha value is -0.200. The molecular weight excluding hydrogens is 232 g/mol. The number of imide groups is 1. The van der Waals surface area contributed by atoms with Gasteiger partial charge in [0.1, 0.15) is 0 Å². The Bertz CT molecular complexity index is 267. The number of hydrogen-bond donors (Lipinski definition) is 2. The van der Waals surface area contributed by atoms with E-state index in [9.17, 15) is 9.59 Å². The van der Waals surface area contributed by atoms with E-state index in [0.29, 0.717) is 11.7 Å². The normalized spacial score (nSPS) is 31.7. The van der Waals surface area contributed by atoms with Gasteiger partial charge < -0.3 is 5.32 Å². The lowest BCUT2D eigenvalue weighted by Crippen LogP contribution is -2.40. The summed E-state index contributed by atoms with van der Waals surface area (Å²) >= 11 is 3.91. The van der Waals surface area contributed by atoms with Crippen molar-refractivity contribution < 1.29 is 9.59 Å². The van der Waals surface area contributed by atoms with E-state index in [1.807, 2.05) is 23.5 Å². The minimum Gasteiger partial charge on any atom is -0.304 e. The highest BCUT2D eigenvalue weighted by Gasteiger charge is 2.30. The molecule has 2 aliphatic rings. The van der Waals surface area contributed by atoms with Crippen LogP contribution in [0.1, 0.15) is 6.42 Å². The second kappa shape index (κ2) is 5.23. The summed E-state index contributed by atoms with van der Waals surface area (Å²) in [7, 11) is 0. The van der Waals surface area contributed by atoms with Crippen LogP contribution in [0.25, 0.3) is 0 Å². The van der Waals surface area contributed by atoms with E-state index in [4.69, 9.17) is 0 Å². The molecule has 0 spiro atoms. The van der Waals surface area contributed by atoms with Gasteiger partial charge in [-0.25, -0.2) is 0 Å². The third-order valence-electron chi connectivity index (χ3n) is 2.45. The molecule has 0 radical (unpaired) electrons. The van der Waals surface area contributed by atoms with Crippen molar-refractivity contribution in [3.63, 3.8) is 0 Å². The standard InChI is InChI=1S/C9H14N2O2S2/c12-8-3-7(9(13)11-8)10-4-6-5-14-1-2-15-6/h6-7,10H,1-5H2,(H,11,12,13). The van der Waals surface area contributed by atoms with E-state index < -0.39 is 0 Å². The van der Waals surface area contributed by atoms with Crippen LogP contribution in [0.15, 0.2) is 0 Å². The van der Waals surface area contributed by atoms with Crippen LogP contribution in [0.3, 0.4) is 0 Å². The van der Waals surface area contributed by atoms with Gasteiger partial charge in [-0.05, 0) is 0 Å². The molecule has 15 heavy (non-hydrogen) atoms. The SMILES string of the molecule is O=C1CC(NCC2CSCCS2)C(=O)N1. The van der Waals surface area contributed by atoms with E-state index in [0.717, 1.165) is 12.3 Å². The molecule has 0 aromatic carbocycles. The van der Waals surface area contributed by atoms with E-state index in [2.05, 4.69) is 10.6 Å². The molecule has 2 aliphatic heterocycles. The Kier molecular flexibility index (Phi) is 3.93. The lowest BCUT2D eigenvalue weighted by molar-refractivity contribution is -0.125. The van der Waals surface area contributed by atoms with Gasteiger partial charge in [-0.2, -0.15) is 23.5 Å². The van der Waals surface area contributed by atoms with Crippen LogP contribution >= 0.6 is 23.5 Å². The van der Waals surface area contributed by atoms with Crippen LogP contribution in [-0.2, 0) is 9.59 Å². The highest BCUT2D eigenvalue weighted by molar-refractivity contribution is 8.06. The van der Waals surface area contributed by atoms with Crippen LogP contribution < -0.4 is 10.6 Å². The molecule has 2 rings (SSSR count). The molecule has 2 amide bonds. The number of carbonyl (C=O) groups is 2. The molecule has 84 valence electrons. The molecule has 0 aromatic rings. The summed E-state index contributed by atoms with van der Waals surface area (Å²) in [5.74, 6) is 3.22. The van der Waals surface area contributed by atoms with Gasteiger partial charge in [0.15, 0.2) is 0 Å². The quantitative estimate of drug-likeness (QED) is 0.678. The second-order valence-electron chi connectivity index (χ2n) is 3.65. The van der Waals surface area contributed by atoms with E-state index >= 15 is 0 Å². The monoisotopic (exact) mass is 246 g/mol. The Morgan fingerprint density at radius 2 is 2.27 bits per heavy atom. The Morgan fingerprint density at radius 1 is 1.40 bits per heavy atom. The van der Waals surface area contributed by atoms with Gasteiger partial charge in [0, 0.05) is 29.1 Å². The van der Waals surface area contributed by atoms with E-state index in [1.165, 1.54) is 11.5 Å². The predicted molar refractivity (Wildman–Crippen MR) is 63.1 cm³/mol. The summed E-state index contributed by atoms with van der Waals surface area (Å²) in [6.45, 7) is 0.822. The van der Waals surface area contributed by atoms with Crippen LogP contribution in [0, 0.1) is 0 Å². The topological polar surface area (TPSA) is 58.2 Å². The zero-order valence-electron chi connectivity index (χ0n) is 8.32. The van der Waals surface area contributed by atoms with Gasteiger partial charge in [0.05, 0.1) is 12.5 Å². The molecule has 2 atom stereocenters. The minimum atomic E-state index is -0.301. The summed E-state index contributed by atoms with van der Waals surface area (Å²) in [5, 5.41) is 6.04. The fraction of sp³-hybridized carbons (Fsp3) is 0.778. The molecule has 0 aromatic heterocycles. The molecule has 2 fully saturated rings. The summed E-state index contributed by atoms with van der Waals surface area (Å²) < 4.78 is 0. The summed E-state index contributed by atoms with van der Waals surface area (Å²) in [4.78, 5) is 22.2. The van der Waals surface area contributed by atoms with Crippen molar-refractivity contribution >= 4 is 35.3 Å². The van der Waals surface area contributed by atoms with Gasteiger partial charge in [-0.1, -0.05) is 0 Å². The average molecular weight is 246 g/mol. The first-order valence-electron chi connectivity index (χ1n) is 5.02. The highest BCUT2D eigenvalue weighted by atomic mass is 32.2. The van der Waals surface area contributed by atoms with Crippen molar-refractivity contribution in [2.24, 2.45) is 0 Å². The first kappa shape index (κ1) is 11.3. The fourth-order valence-corrected chi connectivity index (χ4v) is 4.27. The molecule has 2 unspecified atom stereocenters. The number of nitrogens with one attached hydrogen (secondary N) is 2. The summed E-state index contributed by atoms with van der Waals surface area (Å²) in [5.41, 5.74) is 0. The largest absolute Gasteiger partial charge is 0.304 e. The lowest BCUT2D eigenvalue weighted by Gasteiger charge is -2.22. The number of carbonyl (C=O) groups excluding carboxylic acids is 2. The number of amides is 2. The van der Waals surface area contributed by atoms with Crippen molar-refractivity contribution in [3.05, 3.63) is 0 Å². The van der Waals surface area contributed by atoms with E-state index in [1.54, 1.807) is 0 Å². The van der Waals surface area contributed by atoms with Crippen molar-refractivity contribution in [2.75, 3.05) is 23.8 Å². The Labute approximate surface area is 97.3 Å². The third kappa shape index (κ3) is 3.12. The van der Waals surface area contributed by atoms with Crippen molar-refractivity contribution in [3.8, 4) is 0 Å². The van der Waals surface area contributed by atoms with Crippen LogP contribution in [-0.4, -0.2) is 46.9 Å². The molecule has 4 nitrogen and oxygen atoms in total. The van der Waals surface area contributed by atoms with Crippen LogP contribution in [0.4, 0.5) is 0 Å². The smallest absolute Gasteiger partial charge is 0.244 e. The van der Waals surface area contributed by atoms with Crippen molar-refractivity contribution in [2.45, 2.75) is 17.7 Å². The van der Waals surface area contributed by atoms with Gasteiger partial charge in [0.2, 0.25) is 11.8 Å². The Balaban J connectivity index is 1.73. The number of hydrogen-bond acceptors (Lipinski definition) is 5. The lowest BCUT2D eigenvalue weighted by atomic mass is 10.2. The first-order chi connectivity index (χ1) is 7.25. The van der Waals surface area contributed by atoms with Gasteiger partial charge in [-0.15, -0.1) is 0 Å². The zero-order valence-corrected chi connectivity index (χ0v) is 9.96. The van der Waals surface area contributed by atoms with Gasteiger partial charge in [-0.3, -0.25) is 14.9 Å². The second-order valence-corrected chi connectivity index (χ2v) is 6.20. The molecule has 0 saturated carbocycles. The third-order valence-corrected chi connectivity index (χ3v) is 5.29. The maximum Gasteiger partial charge on any atom is 0.244 e. The maximum atomic E-state index is 11.3. The van der Waals surface area contributed by atoms with E-state index in [-0.39, 0.29) is 17.9 Å². The number of thioether (sulfide) groups is 2. The van der Waals surface area contributed by atoms with Crippen LogP contribution in [0.5, 0.6) is 0 Å². The average Bonchev–Trinajstić information content (AvgIpc) is 2.56. The zero-order chi connectivity index (χ0) is 10.7. The van der Waals surface area contributed by atoms with Gasteiger partial charge >= 0.3 is 0 Å². The highest BCUT2D eigenvalue weighted by Crippen LogP contribution is 2.23. The molecule has 0 bridgehead atoms. The molecular formula is C9H14N2O2S2. The first-order valence-corrected chi connectivity index (χ1v) is 7.22. The molecule has 2 saturated heterocycles. The molecule has 6 heteroatoms. The van der Waals surface area contributed by atoms with Crippen LogP contribution in [0.2, 0.25) is 0 Å². The van der Waals surface area contributed by atoms with Gasteiger partial charge in [0.25, 0.3) is 0 Å². The number of rotatable bonds is 3. The minimum absolute atomic E-state index is 0.164. The fourth-order valence-electron chi connectivity index (χ4n) is 1.65. The van der Waals surface area contributed by atoms with Crippen molar-refractivity contribution in [1.29, 1.82) is 0 Å².